The summed E-state index contributed by atoms with van der Waals surface area (Å²) >= 11 is 0. The van der Waals surface area contributed by atoms with Crippen LogP contribution in [0.2, 0.25) is 0 Å². The third kappa shape index (κ3) is 9.61. The van der Waals surface area contributed by atoms with Crippen LogP contribution in [0.15, 0.2) is 97.1 Å². The second kappa shape index (κ2) is 16.5. The van der Waals surface area contributed by atoms with Crippen molar-refractivity contribution in [1.29, 1.82) is 0 Å². The van der Waals surface area contributed by atoms with Gasteiger partial charge < -0.3 is 54.0 Å². The van der Waals surface area contributed by atoms with E-state index in [2.05, 4.69) is 41.0 Å². The second-order valence-electron chi connectivity index (χ2n) is 12.9. The van der Waals surface area contributed by atoms with E-state index in [-0.39, 0.29) is 0 Å². The third-order valence-corrected chi connectivity index (χ3v) is 8.73. The van der Waals surface area contributed by atoms with Gasteiger partial charge in [0.15, 0.2) is 0 Å². The predicted octanol–water partition coefficient (Wildman–Crippen LogP) is 4.51. The number of nitrogens with two attached hydrogens (primary N) is 4. The van der Waals surface area contributed by atoms with Crippen molar-refractivity contribution in [2.75, 3.05) is 93.3 Å². The van der Waals surface area contributed by atoms with E-state index in [1.165, 1.54) is 0 Å². The molecule has 1 aliphatic rings. The van der Waals surface area contributed by atoms with Crippen molar-refractivity contribution in [3.8, 4) is 0 Å². The lowest BCUT2D eigenvalue weighted by Crippen LogP contribution is -2.48. The van der Waals surface area contributed by atoms with Crippen LogP contribution in [0, 0.1) is 0 Å². The summed E-state index contributed by atoms with van der Waals surface area (Å²) in [5.74, 6) is 2.86. The molecule has 0 saturated carbocycles. The van der Waals surface area contributed by atoms with Gasteiger partial charge in [0.25, 0.3) is 0 Å². The first-order chi connectivity index (χ1) is 26.3. The van der Waals surface area contributed by atoms with Gasteiger partial charge in [-0.2, -0.15) is 29.9 Å². The van der Waals surface area contributed by atoms with Gasteiger partial charge in [0.2, 0.25) is 35.7 Å². The van der Waals surface area contributed by atoms with Crippen molar-refractivity contribution >= 4 is 69.8 Å². The minimum Gasteiger partial charge on any atom is -0.399 e. The Morgan fingerprint density at radius 2 is 0.833 bits per heavy atom. The fourth-order valence-corrected chi connectivity index (χ4v) is 5.89. The molecule has 4 aromatic carbocycles. The summed E-state index contributed by atoms with van der Waals surface area (Å²) in [4.78, 5) is 32.8. The van der Waals surface area contributed by atoms with Gasteiger partial charge in [-0.1, -0.05) is 36.4 Å². The van der Waals surface area contributed by atoms with Crippen LogP contribution in [0.4, 0.5) is 69.8 Å². The zero-order valence-corrected chi connectivity index (χ0v) is 29.8. The molecule has 0 aliphatic carbocycles. The molecule has 6 aromatic rings. The molecule has 3 heterocycles. The minimum atomic E-state index is 0.410. The Kier molecular flexibility index (Phi) is 10.8. The van der Waals surface area contributed by atoms with Crippen molar-refractivity contribution in [3.63, 3.8) is 0 Å². The summed E-state index contributed by atoms with van der Waals surface area (Å²) in [5.41, 5.74) is 30.4. The van der Waals surface area contributed by atoms with Gasteiger partial charge in [-0.3, -0.25) is 0 Å². The molecular formula is C38H44N16. The fourth-order valence-electron chi connectivity index (χ4n) is 5.89. The van der Waals surface area contributed by atoms with Crippen molar-refractivity contribution in [2.45, 2.75) is 12.8 Å². The molecule has 0 unspecified atom stereocenters. The molecule has 0 radical (unpaired) electrons. The van der Waals surface area contributed by atoms with Gasteiger partial charge in [0.1, 0.15) is 0 Å². The number of anilines is 12. The Morgan fingerprint density at radius 3 is 1.22 bits per heavy atom. The molecule has 276 valence electrons. The maximum absolute atomic E-state index is 6.04. The number of piperazine rings is 1. The zero-order valence-electron chi connectivity index (χ0n) is 29.8. The molecule has 54 heavy (non-hydrogen) atoms. The number of hydrogen-bond donors (Lipinski definition) is 8. The highest BCUT2D eigenvalue weighted by Crippen LogP contribution is 2.24. The maximum Gasteiger partial charge on any atom is 0.233 e. The first-order valence-electron chi connectivity index (χ1n) is 17.7. The first kappa shape index (κ1) is 35.3. The molecule has 1 fully saturated rings. The van der Waals surface area contributed by atoms with Crippen LogP contribution in [0.3, 0.4) is 0 Å². The lowest BCUT2D eigenvalue weighted by Gasteiger charge is -2.35. The third-order valence-electron chi connectivity index (χ3n) is 8.73. The van der Waals surface area contributed by atoms with Crippen molar-refractivity contribution in [1.82, 2.24) is 29.9 Å². The van der Waals surface area contributed by atoms with E-state index in [0.717, 1.165) is 46.7 Å². The Labute approximate surface area is 313 Å². The van der Waals surface area contributed by atoms with Crippen molar-refractivity contribution in [2.24, 2.45) is 0 Å². The molecule has 1 aliphatic heterocycles. The van der Waals surface area contributed by atoms with E-state index < -0.39 is 0 Å². The summed E-state index contributed by atoms with van der Waals surface area (Å²) in [7, 11) is 0. The van der Waals surface area contributed by atoms with Gasteiger partial charge in [0, 0.05) is 73.4 Å². The van der Waals surface area contributed by atoms with E-state index in [0.29, 0.717) is 86.3 Å². The average molecular weight is 725 g/mol. The molecule has 0 spiro atoms. The predicted molar refractivity (Wildman–Crippen MR) is 218 cm³/mol. The number of aromatic nitrogens is 6. The van der Waals surface area contributed by atoms with Crippen LogP contribution in [0.25, 0.3) is 0 Å². The molecule has 0 bridgehead atoms. The van der Waals surface area contributed by atoms with Crippen LogP contribution in [0.5, 0.6) is 0 Å². The number of benzene rings is 4. The van der Waals surface area contributed by atoms with Crippen LogP contribution in [-0.2, 0) is 12.8 Å². The fraction of sp³-hybridized carbons (Fsp3) is 0.211. The van der Waals surface area contributed by atoms with Gasteiger partial charge in [-0.25, -0.2) is 0 Å². The van der Waals surface area contributed by atoms with Gasteiger partial charge in [-0.05, 0) is 84.6 Å². The van der Waals surface area contributed by atoms with Gasteiger partial charge in [-0.15, -0.1) is 0 Å². The highest BCUT2D eigenvalue weighted by Gasteiger charge is 2.24. The maximum atomic E-state index is 6.04. The summed E-state index contributed by atoms with van der Waals surface area (Å²) in [6.07, 6.45) is 1.55. The number of rotatable bonds is 14. The molecule has 2 aromatic heterocycles. The zero-order chi connectivity index (χ0) is 37.3. The normalized spacial score (nSPS) is 12.7. The monoisotopic (exact) mass is 724 g/mol. The van der Waals surface area contributed by atoms with Crippen LogP contribution in [0.1, 0.15) is 11.1 Å². The molecule has 1 saturated heterocycles. The lowest BCUT2D eigenvalue weighted by molar-refractivity contribution is 0.626. The Balaban J connectivity index is 1.07. The summed E-state index contributed by atoms with van der Waals surface area (Å²) in [6, 6.07) is 30.6. The van der Waals surface area contributed by atoms with E-state index in [4.69, 9.17) is 42.9 Å². The van der Waals surface area contributed by atoms with Gasteiger partial charge in [0.05, 0.1) is 0 Å². The lowest BCUT2D eigenvalue weighted by atomic mass is 10.1. The van der Waals surface area contributed by atoms with Crippen LogP contribution >= 0.6 is 0 Å². The Bertz CT molecular complexity index is 2000. The van der Waals surface area contributed by atoms with Crippen molar-refractivity contribution < 1.29 is 0 Å². The quantitative estimate of drug-likeness (QED) is 0.0722. The summed E-state index contributed by atoms with van der Waals surface area (Å²) < 4.78 is 0. The van der Waals surface area contributed by atoms with E-state index in [9.17, 15) is 0 Å². The van der Waals surface area contributed by atoms with E-state index in [1.807, 2.05) is 97.1 Å². The van der Waals surface area contributed by atoms with E-state index in [1.54, 1.807) is 0 Å². The first-order valence-corrected chi connectivity index (χ1v) is 17.7. The average Bonchev–Trinajstić information content (AvgIpc) is 3.16. The smallest absolute Gasteiger partial charge is 0.233 e. The summed E-state index contributed by atoms with van der Waals surface area (Å²) in [6.45, 7) is 3.74. The molecule has 16 heteroatoms. The Hall–Kier alpha value is -7.10. The summed E-state index contributed by atoms with van der Waals surface area (Å²) in [5, 5.41) is 13.3. The molecule has 12 N–H and O–H groups in total. The van der Waals surface area contributed by atoms with Crippen LogP contribution in [-0.4, -0.2) is 69.2 Å². The molecule has 16 nitrogen and oxygen atoms in total. The standard InChI is InChI=1S/C38H44N16/c39-27-11-7-25(8-12-27)15-17-43-33-47-35(45-31-5-1-3-29(41)23-31)51-37(49-33)53-19-21-54(22-20-53)38-50-34(44-18-16-26-9-13-28(40)14-10-26)48-36(52-38)46-32-6-2-4-30(42)24-32/h1-14,23-24H,15-22,39-42H2,(H2,43,45,47,49,51)(H2,44,46,48,50,52). The van der Waals surface area contributed by atoms with Crippen molar-refractivity contribution in [3.05, 3.63) is 108 Å². The molecule has 0 atom stereocenters. The minimum absolute atomic E-state index is 0.410. The SMILES string of the molecule is Nc1ccc(CCNc2nc(Nc3cccc(N)c3)nc(N3CCN(c4nc(NCCc5ccc(N)cc5)nc(Nc5cccc(N)c5)n4)CC3)n2)cc1. The molecule has 0 amide bonds. The second-order valence-corrected chi connectivity index (χ2v) is 12.9. The molecular weight excluding hydrogens is 681 g/mol. The largest absolute Gasteiger partial charge is 0.399 e. The molecule has 7 rings (SSSR count). The highest BCUT2D eigenvalue weighted by molar-refractivity contribution is 5.62. The Morgan fingerprint density at radius 1 is 0.444 bits per heavy atom. The topological polar surface area (TPSA) is 236 Å². The highest BCUT2D eigenvalue weighted by atomic mass is 15.4. The van der Waals surface area contributed by atoms with Crippen LogP contribution < -0.4 is 54.0 Å². The number of nitrogen functional groups attached to an aromatic ring is 4. The number of nitrogens with one attached hydrogen (secondary N) is 4. The number of nitrogens with zero attached hydrogens (tertiary/aromatic N) is 8. The van der Waals surface area contributed by atoms with E-state index >= 15 is 0 Å². The van der Waals surface area contributed by atoms with Gasteiger partial charge >= 0.3 is 0 Å². The number of hydrogen-bond acceptors (Lipinski definition) is 16.